The molecule has 1 unspecified atom stereocenters. The van der Waals surface area contributed by atoms with Gasteiger partial charge < -0.3 is 14.0 Å². The van der Waals surface area contributed by atoms with E-state index >= 15 is 0 Å². The lowest BCUT2D eigenvalue weighted by atomic mass is 9.98. The van der Waals surface area contributed by atoms with Crippen LogP contribution in [0.25, 0.3) is 11.1 Å². The molecule has 1 fully saturated rings. The molecule has 1 heterocycles. The van der Waals surface area contributed by atoms with E-state index in [1.807, 2.05) is 67.6 Å². The number of amides is 1. The van der Waals surface area contributed by atoms with Gasteiger partial charge in [-0.05, 0) is 60.6 Å². The van der Waals surface area contributed by atoms with Crippen molar-refractivity contribution in [2.24, 2.45) is 0 Å². The molecular weight excluding hydrogens is 502 g/mol. The van der Waals surface area contributed by atoms with Crippen LogP contribution < -0.4 is 0 Å². The fraction of sp³-hybridized carbons (Fsp3) is 0.300. The standard InChI is InChI=1S/C30H29NO6S/c1-19-10-14-21(15-11-19)38-37-29(34)27-16-12-20(13-17-28(32)33)31(27)30(35)36-18-26-24-8-4-2-6-22(24)23-7-3-5-9-25(23)26/h2-11,14-15,20,26-27H,12-13,16-18H2,1H3,(H,32,33)/t20-,27?/m0/s1. The van der Waals surface area contributed by atoms with Gasteiger partial charge in [-0.1, -0.05) is 66.2 Å². The number of hydrogen-bond donors (Lipinski definition) is 1. The number of nitrogens with zero attached hydrogens (tertiary/aromatic N) is 1. The van der Waals surface area contributed by atoms with Crippen molar-refractivity contribution in [3.8, 4) is 11.1 Å². The summed E-state index contributed by atoms with van der Waals surface area (Å²) in [5, 5.41) is 9.21. The topological polar surface area (TPSA) is 93.1 Å². The molecule has 1 aliphatic heterocycles. The van der Waals surface area contributed by atoms with Crippen LogP contribution in [0.1, 0.15) is 48.3 Å². The van der Waals surface area contributed by atoms with Crippen LogP contribution >= 0.6 is 12.0 Å². The summed E-state index contributed by atoms with van der Waals surface area (Å²) in [6.45, 7) is 2.09. The van der Waals surface area contributed by atoms with E-state index in [0.717, 1.165) is 44.8 Å². The molecule has 196 valence electrons. The normalized spacial score (nSPS) is 18.1. The van der Waals surface area contributed by atoms with Gasteiger partial charge in [0.05, 0.1) is 12.0 Å². The molecule has 8 heteroatoms. The highest BCUT2D eigenvalue weighted by atomic mass is 32.2. The molecule has 0 spiro atoms. The van der Waals surface area contributed by atoms with Gasteiger partial charge in [0.15, 0.2) is 0 Å². The van der Waals surface area contributed by atoms with Crippen molar-refractivity contribution in [1.82, 2.24) is 4.90 Å². The molecule has 1 aliphatic carbocycles. The summed E-state index contributed by atoms with van der Waals surface area (Å²) in [5.41, 5.74) is 5.53. The molecule has 0 bridgehead atoms. The number of ether oxygens (including phenoxy) is 1. The van der Waals surface area contributed by atoms with Crippen molar-refractivity contribution in [3.63, 3.8) is 0 Å². The minimum Gasteiger partial charge on any atom is -0.481 e. The lowest BCUT2D eigenvalue weighted by Crippen LogP contribution is -2.46. The fourth-order valence-electron chi connectivity index (χ4n) is 5.37. The van der Waals surface area contributed by atoms with Crippen LogP contribution in [-0.2, 0) is 18.5 Å². The molecule has 7 nitrogen and oxygen atoms in total. The zero-order valence-electron chi connectivity index (χ0n) is 21.0. The van der Waals surface area contributed by atoms with E-state index < -0.39 is 30.1 Å². The number of hydrogen-bond acceptors (Lipinski definition) is 6. The van der Waals surface area contributed by atoms with Crippen molar-refractivity contribution in [2.75, 3.05) is 6.61 Å². The summed E-state index contributed by atoms with van der Waals surface area (Å²) in [6, 6.07) is 22.5. The molecule has 1 N–H and O–H groups in total. The number of aliphatic carboxylic acids is 1. The lowest BCUT2D eigenvalue weighted by Gasteiger charge is -2.28. The van der Waals surface area contributed by atoms with Gasteiger partial charge in [-0.15, -0.1) is 0 Å². The predicted octanol–water partition coefficient (Wildman–Crippen LogP) is 6.19. The second kappa shape index (κ2) is 11.3. The van der Waals surface area contributed by atoms with Crippen LogP contribution in [0, 0.1) is 6.92 Å². The number of carbonyl (C=O) groups excluding carboxylic acids is 2. The van der Waals surface area contributed by atoms with Gasteiger partial charge in [-0.2, -0.15) is 0 Å². The van der Waals surface area contributed by atoms with Crippen LogP contribution in [-0.4, -0.2) is 46.7 Å². The highest BCUT2D eigenvalue weighted by Crippen LogP contribution is 2.44. The minimum absolute atomic E-state index is 0.0995. The van der Waals surface area contributed by atoms with Gasteiger partial charge in [0.2, 0.25) is 0 Å². The zero-order valence-corrected chi connectivity index (χ0v) is 21.9. The molecule has 38 heavy (non-hydrogen) atoms. The van der Waals surface area contributed by atoms with Crippen LogP contribution in [0.4, 0.5) is 4.79 Å². The molecule has 3 aromatic rings. The first-order valence-electron chi connectivity index (χ1n) is 12.7. The highest BCUT2D eigenvalue weighted by Gasteiger charge is 2.43. The largest absolute Gasteiger partial charge is 0.481 e. The van der Waals surface area contributed by atoms with Crippen LogP contribution in [0.2, 0.25) is 0 Å². The highest BCUT2D eigenvalue weighted by molar-refractivity contribution is 7.95. The Morgan fingerprint density at radius 1 is 0.921 bits per heavy atom. The van der Waals surface area contributed by atoms with E-state index in [2.05, 4.69) is 12.1 Å². The molecule has 0 aromatic heterocycles. The Kier molecular flexibility index (Phi) is 7.69. The number of carboxylic acids is 1. The SMILES string of the molecule is Cc1ccc(SOC(=O)C2CC[C@@H](CCC(=O)O)N2C(=O)OCC2c3ccccc3-c3ccccc32)cc1. The van der Waals surface area contributed by atoms with E-state index in [4.69, 9.17) is 8.92 Å². The lowest BCUT2D eigenvalue weighted by molar-refractivity contribution is -0.138. The number of aryl methyl sites for hydroxylation is 1. The Labute approximate surface area is 226 Å². The van der Waals surface area contributed by atoms with Gasteiger partial charge in [-0.25, -0.2) is 9.59 Å². The molecule has 1 amide bonds. The third-order valence-corrected chi connectivity index (χ3v) is 7.97. The zero-order chi connectivity index (χ0) is 26.6. The van der Waals surface area contributed by atoms with Crippen molar-refractivity contribution in [2.45, 2.75) is 55.5 Å². The van der Waals surface area contributed by atoms with Crippen LogP contribution in [0.15, 0.2) is 77.7 Å². The fourth-order valence-corrected chi connectivity index (χ4v) is 5.91. The molecule has 2 aliphatic rings. The van der Waals surface area contributed by atoms with Gasteiger partial charge in [0, 0.05) is 23.3 Å². The molecule has 0 saturated carbocycles. The first kappa shape index (κ1) is 25.9. The predicted molar refractivity (Wildman–Crippen MR) is 144 cm³/mol. The van der Waals surface area contributed by atoms with E-state index in [1.54, 1.807) is 0 Å². The van der Waals surface area contributed by atoms with E-state index in [1.165, 1.54) is 4.90 Å². The molecule has 5 rings (SSSR count). The maximum absolute atomic E-state index is 13.4. The number of rotatable bonds is 8. The average molecular weight is 532 g/mol. The van der Waals surface area contributed by atoms with Crippen LogP contribution in [0.3, 0.4) is 0 Å². The minimum atomic E-state index is -0.946. The average Bonchev–Trinajstić information content (AvgIpc) is 3.49. The molecular formula is C30H29NO6S. The summed E-state index contributed by atoms with van der Waals surface area (Å²) < 4.78 is 11.3. The van der Waals surface area contributed by atoms with Gasteiger partial charge in [0.1, 0.15) is 12.6 Å². The summed E-state index contributed by atoms with van der Waals surface area (Å²) in [6.07, 6.45) is 0.419. The molecule has 0 radical (unpaired) electrons. The summed E-state index contributed by atoms with van der Waals surface area (Å²) in [7, 11) is 0. The number of benzene rings is 3. The Morgan fingerprint density at radius 2 is 1.55 bits per heavy atom. The third-order valence-electron chi connectivity index (χ3n) is 7.25. The Balaban J connectivity index is 1.30. The van der Waals surface area contributed by atoms with Gasteiger partial charge in [-0.3, -0.25) is 9.69 Å². The first-order valence-corrected chi connectivity index (χ1v) is 13.5. The summed E-state index contributed by atoms with van der Waals surface area (Å²) >= 11 is 0.953. The number of fused-ring (bicyclic) bond motifs is 3. The van der Waals surface area contributed by atoms with E-state index in [0.29, 0.717) is 12.8 Å². The summed E-state index contributed by atoms with van der Waals surface area (Å²) in [5.74, 6) is -1.60. The second-order valence-electron chi connectivity index (χ2n) is 9.69. The van der Waals surface area contributed by atoms with Crippen molar-refractivity contribution >= 4 is 30.1 Å². The number of carboxylic acid groups (broad SMARTS) is 1. The maximum atomic E-state index is 13.4. The van der Waals surface area contributed by atoms with E-state index in [-0.39, 0.29) is 25.4 Å². The van der Waals surface area contributed by atoms with Crippen molar-refractivity contribution in [3.05, 3.63) is 89.5 Å². The van der Waals surface area contributed by atoms with E-state index in [9.17, 15) is 19.5 Å². The summed E-state index contributed by atoms with van der Waals surface area (Å²) in [4.78, 5) is 39.9. The maximum Gasteiger partial charge on any atom is 0.410 e. The first-order chi connectivity index (χ1) is 18.4. The second-order valence-corrected chi connectivity index (χ2v) is 10.5. The molecule has 3 aromatic carbocycles. The van der Waals surface area contributed by atoms with Gasteiger partial charge in [0.25, 0.3) is 0 Å². The monoisotopic (exact) mass is 531 g/mol. The molecule has 1 saturated heterocycles. The smallest absolute Gasteiger partial charge is 0.410 e. The number of carbonyl (C=O) groups is 3. The Hall–Kier alpha value is -3.78. The van der Waals surface area contributed by atoms with Gasteiger partial charge >= 0.3 is 18.0 Å². The Bertz CT molecular complexity index is 1300. The third kappa shape index (κ3) is 5.41. The van der Waals surface area contributed by atoms with Crippen molar-refractivity contribution in [1.29, 1.82) is 0 Å². The van der Waals surface area contributed by atoms with Crippen LogP contribution in [0.5, 0.6) is 0 Å². The van der Waals surface area contributed by atoms with Crippen molar-refractivity contribution < 1.29 is 28.4 Å². The molecule has 2 atom stereocenters. The quantitative estimate of drug-likeness (QED) is 0.346. The Morgan fingerprint density at radius 3 is 2.18 bits per heavy atom. The number of likely N-dealkylation sites (tertiary alicyclic amines) is 1.